The van der Waals surface area contributed by atoms with E-state index >= 15 is 0 Å². The molecule has 0 aliphatic carbocycles. The highest BCUT2D eigenvalue weighted by atomic mass is 127. The molecule has 0 spiro atoms. The second kappa shape index (κ2) is 11.4. The molecule has 4 rings (SSSR count). The molecule has 0 bridgehead atoms. The summed E-state index contributed by atoms with van der Waals surface area (Å²) in [5, 5.41) is -0.279. The summed E-state index contributed by atoms with van der Waals surface area (Å²) in [6, 6.07) is 21.3. The van der Waals surface area contributed by atoms with Gasteiger partial charge in [0.2, 0.25) is 0 Å². The van der Waals surface area contributed by atoms with Crippen LogP contribution < -0.4 is 9.47 Å². The first-order valence-corrected chi connectivity index (χ1v) is 13.3. The first-order chi connectivity index (χ1) is 16.4. The number of rotatable bonds is 8. The van der Waals surface area contributed by atoms with Crippen LogP contribution in [0.5, 0.6) is 11.5 Å². The van der Waals surface area contributed by atoms with E-state index in [2.05, 4.69) is 38.5 Å². The van der Waals surface area contributed by atoms with E-state index in [1.807, 2.05) is 73.7 Å². The summed E-state index contributed by atoms with van der Waals surface area (Å²) in [4.78, 5) is 27.2. The Balaban J connectivity index is 1.55. The van der Waals surface area contributed by atoms with Gasteiger partial charge in [-0.1, -0.05) is 58.4 Å². The molecule has 3 aromatic rings. The van der Waals surface area contributed by atoms with Crippen molar-refractivity contribution in [2.75, 3.05) is 6.61 Å². The number of imide groups is 1. The molecule has 1 aliphatic heterocycles. The lowest BCUT2D eigenvalue weighted by Gasteiger charge is -2.15. The fraction of sp³-hybridized carbons (Fsp3) is 0.154. The second-order valence-corrected chi connectivity index (χ2v) is 10.5. The van der Waals surface area contributed by atoms with Crippen molar-refractivity contribution < 1.29 is 19.1 Å². The smallest absolute Gasteiger partial charge is 0.293 e. The quantitative estimate of drug-likeness (QED) is 0.190. The zero-order chi connectivity index (χ0) is 24.1. The van der Waals surface area contributed by atoms with Crippen molar-refractivity contribution in [3.63, 3.8) is 0 Å². The van der Waals surface area contributed by atoms with E-state index in [1.165, 1.54) is 4.90 Å². The fourth-order valence-corrected chi connectivity index (χ4v) is 5.48. The van der Waals surface area contributed by atoms with Crippen LogP contribution >= 0.6 is 50.3 Å². The molecule has 8 heteroatoms. The average Bonchev–Trinajstić information content (AvgIpc) is 3.07. The van der Waals surface area contributed by atoms with Crippen molar-refractivity contribution in [1.29, 1.82) is 0 Å². The van der Waals surface area contributed by atoms with Gasteiger partial charge in [-0.3, -0.25) is 14.5 Å². The maximum Gasteiger partial charge on any atom is 0.293 e. The first-order valence-electron chi connectivity index (χ1n) is 10.6. The Morgan fingerprint density at radius 2 is 1.76 bits per heavy atom. The number of ether oxygens (including phenoxy) is 2. The van der Waals surface area contributed by atoms with Gasteiger partial charge in [-0.25, -0.2) is 0 Å². The third-order valence-electron chi connectivity index (χ3n) is 4.96. The van der Waals surface area contributed by atoms with Gasteiger partial charge in [-0.15, -0.1) is 0 Å². The number of hydrogen-bond acceptors (Lipinski definition) is 5. The van der Waals surface area contributed by atoms with Gasteiger partial charge < -0.3 is 9.47 Å². The maximum absolute atomic E-state index is 13.0. The van der Waals surface area contributed by atoms with Crippen LogP contribution in [0.15, 0.2) is 76.1 Å². The number of halogens is 2. The van der Waals surface area contributed by atoms with E-state index in [0.717, 1.165) is 36.5 Å². The molecule has 0 unspecified atom stereocenters. The number of amides is 2. The molecular weight excluding hydrogens is 629 g/mol. The molecule has 5 nitrogen and oxygen atoms in total. The van der Waals surface area contributed by atoms with Crippen LogP contribution in [0.4, 0.5) is 4.79 Å². The summed E-state index contributed by atoms with van der Waals surface area (Å²) in [7, 11) is 0. The molecule has 2 amide bonds. The normalized spacial score (nSPS) is 14.7. The van der Waals surface area contributed by atoms with Crippen LogP contribution in [0.3, 0.4) is 0 Å². The molecule has 3 aromatic carbocycles. The van der Waals surface area contributed by atoms with Gasteiger partial charge in [0.15, 0.2) is 11.5 Å². The first kappa shape index (κ1) is 24.8. The zero-order valence-electron chi connectivity index (χ0n) is 18.3. The average molecular weight is 650 g/mol. The minimum absolute atomic E-state index is 0.232. The third kappa shape index (κ3) is 6.03. The highest BCUT2D eigenvalue weighted by Gasteiger charge is 2.35. The van der Waals surface area contributed by atoms with Crippen LogP contribution in [0.2, 0.25) is 0 Å². The van der Waals surface area contributed by atoms with Crippen LogP contribution in [-0.2, 0) is 17.9 Å². The van der Waals surface area contributed by atoms with E-state index in [-0.39, 0.29) is 17.7 Å². The fourth-order valence-electron chi connectivity index (χ4n) is 3.41. The summed E-state index contributed by atoms with van der Waals surface area (Å²) in [6.07, 6.45) is 1.73. The van der Waals surface area contributed by atoms with Crippen LogP contribution in [0.1, 0.15) is 23.6 Å². The molecule has 0 saturated carbocycles. The van der Waals surface area contributed by atoms with Crippen molar-refractivity contribution in [3.05, 3.63) is 96.4 Å². The van der Waals surface area contributed by atoms with Crippen molar-refractivity contribution in [2.45, 2.75) is 20.1 Å². The number of nitrogens with zero attached hydrogens (tertiary/aromatic N) is 1. The molecule has 0 radical (unpaired) electrons. The molecule has 1 saturated heterocycles. The monoisotopic (exact) mass is 649 g/mol. The van der Waals surface area contributed by atoms with Crippen LogP contribution in [0.25, 0.3) is 6.08 Å². The summed E-state index contributed by atoms with van der Waals surface area (Å²) in [6.45, 7) is 3.04. The SMILES string of the molecule is CCOc1cc(/C=C2/SC(=O)N(Cc3cccc(Br)c3)C2=O)cc(I)c1OCc1ccccc1. The molecule has 0 aromatic heterocycles. The van der Waals surface area contributed by atoms with Gasteiger partial charge in [-0.05, 0) is 88.3 Å². The number of benzene rings is 3. The van der Waals surface area contributed by atoms with Crippen molar-refractivity contribution >= 4 is 67.5 Å². The molecule has 174 valence electrons. The highest BCUT2D eigenvalue weighted by molar-refractivity contribution is 14.1. The van der Waals surface area contributed by atoms with E-state index < -0.39 is 0 Å². The highest BCUT2D eigenvalue weighted by Crippen LogP contribution is 2.38. The van der Waals surface area contributed by atoms with E-state index in [4.69, 9.17) is 9.47 Å². The van der Waals surface area contributed by atoms with Gasteiger partial charge >= 0.3 is 0 Å². The van der Waals surface area contributed by atoms with Crippen LogP contribution in [-0.4, -0.2) is 22.7 Å². The van der Waals surface area contributed by atoms with E-state index in [1.54, 1.807) is 6.08 Å². The second-order valence-electron chi connectivity index (χ2n) is 7.44. The van der Waals surface area contributed by atoms with Gasteiger partial charge in [0, 0.05) is 4.47 Å². The molecule has 1 aliphatic rings. The molecule has 0 N–H and O–H groups in total. The number of carbonyl (C=O) groups excluding carboxylic acids is 2. The zero-order valence-corrected chi connectivity index (χ0v) is 22.9. The van der Waals surface area contributed by atoms with Crippen molar-refractivity contribution in [3.8, 4) is 11.5 Å². The van der Waals surface area contributed by atoms with Gasteiger partial charge in [-0.2, -0.15) is 0 Å². The largest absolute Gasteiger partial charge is 0.490 e. The van der Waals surface area contributed by atoms with Gasteiger partial charge in [0.25, 0.3) is 11.1 Å². The molecule has 0 atom stereocenters. The van der Waals surface area contributed by atoms with Gasteiger partial charge in [0.1, 0.15) is 6.61 Å². The van der Waals surface area contributed by atoms with E-state index in [9.17, 15) is 9.59 Å². The molecular formula is C26H21BrINO4S. The van der Waals surface area contributed by atoms with E-state index in [0.29, 0.717) is 29.6 Å². The Labute approximate surface area is 224 Å². The Kier molecular flexibility index (Phi) is 8.33. The Morgan fingerprint density at radius 1 is 1.00 bits per heavy atom. The standard InChI is InChI=1S/C26H21BrINO4S/c1-2-32-22-13-19(12-21(28)24(22)33-16-17-7-4-3-5-8-17)14-23-25(30)29(26(31)34-23)15-18-9-6-10-20(27)11-18/h3-14H,2,15-16H2,1H3/b23-14+. The number of thioether (sulfide) groups is 1. The van der Waals surface area contributed by atoms with Crippen molar-refractivity contribution in [1.82, 2.24) is 4.90 Å². The lowest BCUT2D eigenvalue weighted by atomic mass is 10.1. The Hall–Kier alpha value is -2.30. The van der Waals surface area contributed by atoms with Crippen LogP contribution in [0, 0.1) is 3.57 Å². The third-order valence-corrected chi connectivity index (χ3v) is 7.16. The van der Waals surface area contributed by atoms with Crippen molar-refractivity contribution in [2.24, 2.45) is 0 Å². The molecule has 34 heavy (non-hydrogen) atoms. The minimum atomic E-state index is -0.299. The summed E-state index contributed by atoms with van der Waals surface area (Å²) in [5.74, 6) is 0.962. The molecule has 1 heterocycles. The summed E-state index contributed by atoms with van der Waals surface area (Å²) in [5.41, 5.74) is 2.71. The predicted octanol–water partition coefficient (Wildman–Crippen LogP) is 7.27. The Bertz CT molecular complexity index is 1250. The lowest BCUT2D eigenvalue weighted by Crippen LogP contribution is -2.27. The number of hydrogen-bond donors (Lipinski definition) is 0. The molecule has 1 fully saturated rings. The topological polar surface area (TPSA) is 55.8 Å². The maximum atomic E-state index is 13.0. The number of carbonyl (C=O) groups is 2. The summed E-state index contributed by atoms with van der Waals surface area (Å²) < 4.78 is 13.7. The Morgan fingerprint density at radius 3 is 2.50 bits per heavy atom. The van der Waals surface area contributed by atoms with Gasteiger partial charge in [0.05, 0.1) is 21.6 Å². The predicted molar refractivity (Wildman–Crippen MR) is 147 cm³/mol. The summed E-state index contributed by atoms with van der Waals surface area (Å²) >= 11 is 6.58. The minimum Gasteiger partial charge on any atom is -0.490 e. The lowest BCUT2D eigenvalue weighted by molar-refractivity contribution is -0.123.